The average Bonchev–Trinajstić information content (AvgIpc) is 2.34. The number of fused-ring (bicyclic) bond motifs is 1. The van der Waals surface area contributed by atoms with Crippen molar-refractivity contribution in [3.05, 3.63) is 22.5 Å². The maximum atomic E-state index is 4.95. The fourth-order valence-corrected chi connectivity index (χ4v) is 1.55. The molecule has 0 atom stereocenters. The Hall–Kier alpha value is -0.900. The minimum atomic E-state index is 0.650. The van der Waals surface area contributed by atoms with Crippen LogP contribution in [0.15, 0.2) is 21.3 Å². The Kier molecular flexibility index (Phi) is 1.42. The fourth-order valence-electron chi connectivity index (χ4n) is 0.980. The molecule has 0 unspecified atom stereocenters. The van der Waals surface area contributed by atoms with Crippen molar-refractivity contribution in [1.29, 1.82) is 0 Å². The molecule has 2 heterocycles. The minimum Gasteiger partial charge on any atom is -0.359 e. The number of pyridine rings is 1. The van der Waals surface area contributed by atoms with Gasteiger partial charge < -0.3 is 4.52 Å². The molecule has 0 saturated heterocycles. The van der Waals surface area contributed by atoms with Crippen LogP contribution >= 0.6 is 15.9 Å². The highest BCUT2D eigenvalue weighted by Gasteiger charge is 2.06. The second-order valence-electron chi connectivity index (χ2n) is 2.23. The summed E-state index contributed by atoms with van der Waals surface area (Å²) in [5.74, 6) is 0.792. The van der Waals surface area contributed by atoms with Crippen LogP contribution in [0.4, 0.5) is 0 Å². The molecule has 0 aromatic carbocycles. The summed E-state index contributed by atoms with van der Waals surface area (Å²) in [4.78, 5) is 4.03. The van der Waals surface area contributed by atoms with Gasteiger partial charge in [0.05, 0.1) is 5.39 Å². The molecule has 4 heteroatoms. The van der Waals surface area contributed by atoms with Gasteiger partial charge in [-0.05, 0) is 28.9 Å². The molecule has 0 radical (unpaired) electrons. The van der Waals surface area contributed by atoms with Crippen molar-refractivity contribution in [2.75, 3.05) is 0 Å². The Bertz CT molecular complexity index is 396. The minimum absolute atomic E-state index is 0.650. The first-order valence-corrected chi connectivity index (χ1v) is 3.95. The van der Waals surface area contributed by atoms with E-state index in [4.69, 9.17) is 4.52 Å². The SMILES string of the molecule is Cc1onc2nccc(Br)c12. The van der Waals surface area contributed by atoms with Gasteiger partial charge >= 0.3 is 0 Å². The van der Waals surface area contributed by atoms with E-state index >= 15 is 0 Å². The van der Waals surface area contributed by atoms with Gasteiger partial charge in [0.15, 0.2) is 0 Å². The topological polar surface area (TPSA) is 38.9 Å². The van der Waals surface area contributed by atoms with Gasteiger partial charge in [0.1, 0.15) is 5.76 Å². The lowest BCUT2D eigenvalue weighted by atomic mass is 10.3. The second-order valence-corrected chi connectivity index (χ2v) is 3.08. The van der Waals surface area contributed by atoms with Gasteiger partial charge in [-0.3, -0.25) is 0 Å². The van der Waals surface area contributed by atoms with Crippen molar-refractivity contribution in [2.24, 2.45) is 0 Å². The van der Waals surface area contributed by atoms with Crippen molar-refractivity contribution in [2.45, 2.75) is 6.92 Å². The van der Waals surface area contributed by atoms with Crippen LogP contribution < -0.4 is 0 Å². The van der Waals surface area contributed by atoms with Gasteiger partial charge in [0, 0.05) is 10.7 Å². The molecule has 0 bridgehead atoms. The Balaban J connectivity index is 2.96. The number of aromatic nitrogens is 2. The summed E-state index contributed by atoms with van der Waals surface area (Å²) >= 11 is 3.39. The highest BCUT2D eigenvalue weighted by molar-refractivity contribution is 9.10. The molecule has 2 rings (SSSR count). The number of rotatable bonds is 0. The number of hydrogen-bond donors (Lipinski definition) is 0. The zero-order valence-corrected chi connectivity index (χ0v) is 7.42. The summed E-state index contributed by atoms with van der Waals surface area (Å²) < 4.78 is 5.93. The van der Waals surface area contributed by atoms with E-state index in [1.165, 1.54) is 0 Å². The molecule has 2 aromatic heterocycles. The monoisotopic (exact) mass is 212 g/mol. The van der Waals surface area contributed by atoms with Gasteiger partial charge in [0.2, 0.25) is 5.65 Å². The van der Waals surface area contributed by atoms with Gasteiger partial charge in [-0.25, -0.2) is 4.98 Å². The highest BCUT2D eigenvalue weighted by Crippen LogP contribution is 2.24. The maximum Gasteiger partial charge on any atom is 0.203 e. The second kappa shape index (κ2) is 2.30. The van der Waals surface area contributed by atoms with Crippen molar-refractivity contribution in [1.82, 2.24) is 10.1 Å². The quantitative estimate of drug-likeness (QED) is 0.673. The molecule has 3 nitrogen and oxygen atoms in total. The number of hydrogen-bond acceptors (Lipinski definition) is 3. The Labute approximate surface area is 71.5 Å². The molecule has 0 amide bonds. The van der Waals surface area contributed by atoms with E-state index in [2.05, 4.69) is 26.1 Å². The van der Waals surface area contributed by atoms with E-state index in [9.17, 15) is 0 Å². The normalized spacial score (nSPS) is 10.7. The summed E-state index contributed by atoms with van der Waals surface area (Å²) in [6.45, 7) is 1.86. The van der Waals surface area contributed by atoms with Crippen molar-refractivity contribution in [3.8, 4) is 0 Å². The molecule has 0 saturated carbocycles. The third-order valence-electron chi connectivity index (χ3n) is 1.50. The highest BCUT2D eigenvalue weighted by atomic mass is 79.9. The van der Waals surface area contributed by atoms with E-state index in [0.717, 1.165) is 15.6 Å². The summed E-state index contributed by atoms with van der Waals surface area (Å²) in [6, 6.07) is 1.87. The average molecular weight is 213 g/mol. The van der Waals surface area contributed by atoms with Crippen LogP contribution in [0.2, 0.25) is 0 Å². The van der Waals surface area contributed by atoms with Gasteiger partial charge in [-0.1, -0.05) is 5.16 Å². The van der Waals surface area contributed by atoms with E-state index in [0.29, 0.717) is 5.65 Å². The van der Waals surface area contributed by atoms with Crippen molar-refractivity contribution < 1.29 is 4.52 Å². The fraction of sp³-hybridized carbons (Fsp3) is 0.143. The third-order valence-corrected chi connectivity index (χ3v) is 2.16. The zero-order chi connectivity index (χ0) is 7.84. The summed E-state index contributed by atoms with van der Waals surface area (Å²) in [6.07, 6.45) is 1.69. The Morgan fingerprint density at radius 3 is 3.09 bits per heavy atom. The first-order chi connectivity index (χ1) is 5.29. The van der Waals surface area contributed by atoms with E-state index in [-0.39, 0.29) is 0 Å². The van der Waals surface area contributed by atoms with Gasteiger partial charge in [0.25, 0.3) is 0 Å². The standard InChI is InChI=1S/C7H5BrN2O/c1-4-6-5(8)2-3-9-7(6)10-11-4/h2-3H,1H3. The summed E-state index contributed by atoms with van der Waals surface area (Å²) in [7, 11) is 0. The van der Waals surface area contributed by atoms with Crippen LogP contribution in [0.5, 0.6) is 0 Å². The maximum absolute atomic E-state index is 4.95. The van der Waals surface area contributed by atoms with Crippen LogP contribution in [0.25, 0.3) is 11.0 Å². The Morgan fingerprint density at radius 2 is 2.36 bits per heavy atom. The molecule has 0 aliphatic heterocycles. The van der Waals surface area contributed by atoms with Gasteiger partial charge in [-0.2, -0.15) is 0 Å². The van der Waals surface area contributed by atoms with Gasteiger partial charge in [-0.15, -0.1) is 0 Å². The lowest BCUT2D eigenvalue weighted by Crippen LogP contribution is -1.75. The number of nitrogens with zero attached hydrogens (tertiary/aromatic N) is 2. The van der Waals surface area contributed by atoms with Crippen molar-refractivity contribution in [3.63, 3.8) is 0 Å². The molecule has 0 aliphatic carbocycles. The molecule has 0 N–H and O–H groups in total. The molecule has 56 valence electrons. The van der Waals surface area contributed by atoms with Crippen molar-refractivity contribution >= 4 is 27.0 Å². The van der Waals surface area contributed by atoms with E-state index in [1.807, 2.05) is 13.0 Å². The molecule has 2 aromatic rings. The van der Waals surface area contributed by atoms with Crippen LogP contribution in [0, 0.1) is 6.92 Å². The molecule has 11 heavy (non-hydrogen) atoms. The lowest BCUT2D eigenvalue weighted by Gasteiger charge is -1.88. The predicted molar refractivity (Wildman–Crippen MR) is 44.2 cm³/mol. The number of aryl methyl sites for hydroxylation is 1. The molecular formula is C7H5BrN2O. The van der Waals surface area contributed by atoms with Crippen LogP contribution in [0.1, 0.15) is 5.76 Å². The van der Waals surface area contributed by atoms with E-state index < -0.39 is 0 Å². The smallest absolute Gasteiger partial charge is 0.203 e. The number of halogens is 1. The third kappa shape index (κ3) is 0.939. The first kappa shape index (κ1) is 6.79. The van der Waals surface area contributed by atoms with Crippen LogP contribution in [-0.4, -0.2) is 10.1 Å². The Morgan fingerprint density at radius 1 is 1.55 bits per heavy atom. The van der Waals surface area contributed by atoms with Crippen LogP contribution in [-0.2, 0) is 0 Å². The van der Waals surface area contributed by atoms with E-state index in [1.54, 1.807) is 6.20 Å². The molecule has 0 fully saturated rings. The summed E-state index contributed by atoms with van der Waals surface area (Å²) in [5.41, 5.74) is 0.650. The largest absolute Gasteiger partial charge is 0.359 e. The molecule has 0 spiro atoms. The first-order valence-electron chi connectivity index (χ1n) is 3.15. The molecule has 0 aliphatic rings. The summed E-state index contributed by atoms with van der Waals surface area (Å²) in [5, 5.41) is 4.71. The lowest BCUT2D eigenvalue weighted by molar-refractivity contribution is 0.404. The zero-order valence-electron chi connectivity index (χ0n) is 5.84. The molecular weight excluding hydrogens is 208 g/mol. The predicted octanol–water partition coefficient (Wildman–Crippen LogP) is 2.29. The van der Waals surface area contributed by atoms with Crippen LogP contribution in [0.3, 0.4) is 0 Å².